The molecule has 136 valence electrons. The quantitative estimate of drug-likeness (QED) is 0.634. The van der Waals surface area contributed by atoms with Crippen LogP contribution >= 0.6 is 14.7 Å². The topological polar surface area (TPSA) is 66.8 Å². The summed E-state index contributed by atoms with van der Waals surface area (Å²) in [5.74, 6) is 0. The van der Waals surface area contributed by atoms with Crippen LogP contribution in [0.4, 0.5) is 0 Å². The average Bonchev–Trinajstić information content (AvgIpc) is 2.68. The fourth-order valence-corrected chi connectivity index (χ4v) is 11.5. The van der Waals surface area contributed by atoms with Gasteiger partial charge in [-0.3, -0.25) is 0 Å². The van der Waals surface area contributed by atoms with Crippen LogP contribution in [0.1, 0.15) is 6.92 Å². The van der Waals surface area contributed by atoms with E-state index in [1.54, 1.807) is 0 Å². The molecule has 0 atom stereocenters. The molecule has 0 saturated heterocycles. The van der Waals surface area contributed by atoms with E-state index in [9.17, 15) is 14.4 Å². The second-order valence-electron chi connectivity index (χ2n) is 6.11. The van der Waals surface area contributed by atoms with Gasteiger partial charge in [-0.1, -0.05) is 0 Å². The second kappa shape index (κ2) is 7.08. The Morgan fingerprint density at radius 3 is 1.27 bits per heavy atom. The van der Waals surface area contributed by atoms with Crippen molar-refractivity contribution in [2.45, 2.75) is 6.92 Å². The molecule has 0 unspecified atom stereocenters. The van der Waals surface area contributed by atoms with Gasteiger partial charge in [-0.15, -0.1) is 0 Å². The van der Waals surface area contributed by atoms with Crippen molar-refractivity contribution in [2.75, 3.05) is 6.16 Å². The standard InChI is InChI=1S/C20H22O4P2/c1-2-26(24-25(21,22)23,18-12-6-3-7-13-18,19-14-8-4-9-15-19)20-16-10-5-11-17-20/h3-17H,2H2,1H3,(H2,21,22,23). The summed E-state index contributed by atoms with van der Waals surface area (Å²) in [6.45, 7) is -1.93. The fraction of sp³-hybridized carbons (Fsp3) is 0.100. The van der Waals surface area contributed by atoms with E-state index in [1.165, 1.54) is 0 Å². The molecule has 0 aliphatic carbocycles. The molecule has 6 heteroatoms. The Bertz CT molecular complexity index is 809. The first kappa shape index (κ1) is 19.0. The van der Waals surface area contributed by atoms with Crippen molar-refractivity contribution in [1.29, 1.82) is 0 Å². The first-order valence-corrected chi connectivity index (χ1v) is 12.2. The van der Waals surface area contributed by atoms with Crippen molar-refractivity contribution in [3.8, 4) is 0 Å². The number of hydrogen-bond donors (Lipinski definition) is 2. The molecule has 3 aromatic carbocycles. The van der Waals surface area contributed by atoms with Crippen molar-refractivity contribution < 1.29 is 18.7 Å². The molecule has 0 fully saturated rings. The van der Waals surface area contributed by atoms with Gasteiger partial charge >= 0.3 is 153 Å². The third-order valence-electron chi connectivity index (χ3n) is 4.80. The van der Waals surface area contributed by atoms with Gasteiger partial charge in [-0.25, -0.2) is 0 Å². The zero-order valence-electron chi connectivity index (χ0n) is 14.5. The SMILES string of the molecule is CCP(OP(=O)(O)O)(c1ccccc1)(c1ccccc1)c1ccccc1. The molecule has 0 radical (unpaired) electrons. The third kappa shape index (κ3) is 3.05. The summed E-state index contributed by atoms with van der Waals surface area (Å²) >= 11 is 0. The molecule has 26 heavy (non-hydrogen) atoms. The van der Waals surface area contributed by atoms with Crippen molar-refractivity contribution in [1.82, 2.24) is 0 Å². The molecule has 2 N–H and O–H groups in total. The number of rotatable bonds is 6. The van der Waals surface area contributed by atoms with Gasteiger partial charge in [0.05, 0.1) is 0 Å². The van der Waals surface area contributed by atoms with Gasteiger partial charge in [0.25, 0.3) is 0 Å². The minimum atomic E-state index is -4.81. The molecule has 0 aromatic heterocycles. The molecule has 0 aliphatic rings. The van der Waals surface area contributed by atoms with Crippen molar-refractivity contribution in [3.05, 3.63) is 91.0 Å². The van der Waals surface area contributed by atoms with Crippen molar-refractivity contribution in [2.24, 2.45) is 0 Å². The van der Waals surface area contributed by atoms with Crippen LogP contribution in [0.25, 0.3) is 0 Å². The van der Waals surface area contributed by atoms with Crippen LogP contribution in [0.5, 0.6) is 0 Å². The molecule has 0 heterocycles. The summed E-state index contributed by atoms with van der Waals surface area (Å²) < 4.78 is 18.2. The van der Waals surface area contributed by atoms with E-state index in [4.69, 9.17) is 4.31 Å². The van der Waals surface area contributed by atoms with Gasteiger partial charge in [0.15, 0.2) is 0 Å². The van der Waals surface area contributed by atoms with E-state index in [2.05, 4.69) is 0 Å². The molecule has 3 aromatic rings. The second-order valence-corrected chi connectivity index (χ2v) is 12.3. The van der Waals surface area contributed by atoms with Gasteiger partial charge in [0.1, 0.15) is 0 Å². The Balaban J connectivity index is 2.53. The van der Waals surface area contributed by atoms with Crippen LogP contribution in [0.15, 0.2) is 91.0 Å². The van der Waals surface area contributed by atoms with E-state index < -0.39 is 14.7 Å². The van der Waals surface area contributed by atoms with Crippen LogP contribution in [-0.2, 0) is 8.88 Å². The summed E-state index contributed by atoms with van der Waals surface area (Å²) in [5, 5.41) is 2.38. The predicted octanol–water partition coefficient (Wildman–Crippen LogP) is 3.56. The zero-order valence-corrected chi connectivity index (χ0v) is 16.3. The van der Waals surface area contributed by atoms with E-state index in [0.717, 1.165) is 15.9 Å². The van der Waals surface area contributed by atoms with Crippen LogP contribution < -0.4 is 15.9 Å². The van der Waals surface area contributed by atoms with Gasteiger partial charge in [-0.05, 0) is 0 Å². The molecule has 0 spiro atoms. The third-order valence-corrected chi connectivity index (χ3v) is 12.5. The first-order chi connectivity index (χ1) is 12.4. The van der Waals surface area contributed by atoms with Crippen LogP contribution in [0, 0.1) is 0 Å². The Kier molecular flexibility index (Phi) is 5.16. The molecular formula is C20H22O4P2. The van der Waals surface area contributed by atoms with Gasteiger partial charge in [0, 0.05) is 0 Å². The van der Waals surface area contributed by atoms with E-state index in [-0.39, 0.29) is 0 Å². The zero-order chi connectivity index (χ0) is 18.7. The Morgan fingerprint density at radius 1 is 0.731 bits per heavy atom. The van der Waals surface area contributed by atoms with Gasteiger partial charge in [0.2, 0.25) is 0 Å². The van der Waals surface area contributed by atoms with Crippen LogP contribution in [0.2, 0.25) is 0 Å². The molecule has 4 nitrogen and oxygen atoms in total. The summed E-state index contributed by atoms with van der Waals surface area (Å²) in [5.41, 5.74) is 0. The fourth-order valence-electron chi connectivity index (χ4n) is 3.66. The van der Waals surface area contributed by atoms with Gasteiger partial charge < -0.3 is 0 Å². The first-order valence-electron chi connectivity index (χ1n) is 8.37. The Labute approximate surface area is 153 Å². The Hall–Kier alpha value is -1.80. The maximum absolute atomic E-state index is 12.2. The monoisotopic (exact) mass is 388 g/mol. The molecule has 0 aliphatic heterocycles. The molecule has 0 bridgehead atoms. The number of hydrogen-bond acceptors (Lipinski definition) is 2. The summed E-state index contributed by atoms with van der Waals surface area (Å²) in [6.07, 6.45) is 0.425. The Morgan fingerprint density at radius 2 is 1.04 bits per heavy atom. The summed E-state index contributed by atoms with van der Waals surface area (Å²) in [4.78, 5) is 19.9. The molecule has 0 saturated carbocycles. The number of phosphoric acid groups is 1. The average molecular weight is 388 g/mol. The van der Waals surface area contributed by atoms with E-state index >= 15 is 0 Å². The predicted molar refractivity (Wildman–Crippen MR) is 109 cm³/mol. The van der Waals surface area contributed by atoms with Crippen molar-refractivity contribution >= 4 is 30.6 Å². The van der Waals surface area contributed by atoms with E-state index in [1.807, 2.05) is 97.9 Å². The molecule has 0 amide bonds. The minimum absolute atomic E-state index is 0.425. The molecule has 3 rings (SSSR count). The van der Waals surface area contributed by atoms with Gasteiger partial charge in [-0.2, -0.15) is 0 Å². The number of benzene rings is 3. The molecular weight excluding hydrogens is 366 g/mol. The summed E-state index contributed by atoms with van der Waals surface area (Å²) in [7, 11) is -4.81. The van der Waals surface area contributed by atoms with E-state index in [0.29, 0.717) is 6.16 Å². The van der Waals surface area contributed by atoms with Crippen LogP contribution in [0.3, 0.4) is 0 Å². The summed E-state index contributed by atoms with van der Waals surface area (Å²) in [6, 6.07) is 28.3. The van der Waals surface area contributed by atoms with Crippen molar-refractivity contribution in [3.63, 3.8) is 0 Å². The maximum atomic E-state index is 12.2. The van der Waals surface area contributed by atoms with Crippen LogP contribution in [-0.4, -0.2) is 15.9 Å². The normalized spacial score (nSPS) is 13.7.